The van der Waals surface area contributed by atoms with Crippen LogP contribution < -0.4 is 19.1 Å². The maximum absolute atomic E-state index is 13.5. The van der Waals surface area contributed by atoms with E-state index in [-0.39, 0.29) is 11.8 Å². The number of hydrogen-bond acceptors (Lipinski definition) is 5. The maximum Gasteiger partial charge on any atom is 0.275 e. The highest BCUT2D eigenvalue weighted by Gasteiger charge is 2.39. The van der Waals surface area contributed by atoms with Gasteiger partial charge in [0.15, 0.2) is 6.10 Å². The second kappa shape index (κ2) is 8.55. The first kappa shape index (κ1) is 20.7. The third-order valence-electron chi connectivity index (χ3n) is 5.38. The molecule has 0 N–H and O–H groups in total. The third kappa shape index (κ3) is 3.67. The van der Waals surface area contributed by atoms with E-state index in [1.807, 2.05) is 19.1 Å². The van der Waals surface area contributed by atoms with Crippen LogP contribution in [0.25, 0.3) is 0 Å². The number of ether oxygens (including phenoxy) is 3. The lowest BCUT2D eigenvalue weighted by atomic mass is 9.95. The molecule has 2 aromatic rings. The molecule has 2 unspecified atom stereocenters. The molecule has 154 valence electrons. The molecular formula is C23H27NO5. The van der Waals surface area contributed by atoms with Crippen LogP contribution in [-0.2, 0) is 4.79 Å². The smallest absolute Gasteiger partial charge is 0.275 e. The number of imide groups is 1. The van der Waals surface area contributed by atoms with Gasteiger partial charge in [0.05, 0.1) is 25.5 Å². The Labute approximate surface area is 171 Å². The van der Waals surface area contributed by atoms with Gasteiger partial charge < -0.3 is 14.2 Å². The molecule has 0 aliphatic carbocycles. The summed E-state index contributed by atoms with van der Waals surface area (Å²) in [5.74, 6) is 0.944. The molecule has 1 heterocycles. The monoisotopic (exact) mass is 397 g/mol. The average Bonchev–Trinajstić information content (AvgIpc) is 2.76. The van der Waals surface area contributed by atoms with Gasteiger partial charge in [0, 0.05) is 6.07 Å². The molecule has 0 aromatic heterocycles. The Bertz CT molecular complexity index is 923. The van der Waals surface area contributed by atoms with Crippen molar-refractivity contribution in [3.63, 3.8) is 0 Å². The first-order chi connectivity index (χ1) is 14.0. The third-order valence-corrected chi connectivity index (χ3v) is 5.38. The molecule has 0 fully saturated rings. The first-order valence-corrected chi connectivity index (χ1v) is 9.86. The number of fused-ring (bicyclic) bond motifs is 1. The molecule has 6 heteroatoms. The SMILES string of the molecule is CCC1Oc2c(C(C)CC)cccc2N(C(=O)c2ccc(OC)cc2OC)C1=O. The molecule has 6 nitrogen and oxygen atoms in total. The second-order valence-electron chi connectivity index (χ2n) is 7.06. The maximum atomic E-state index is 13.5. The molecule has 0 saturated carbocycles. The van der Waals surface area contributed by atoms with Crippen molar-refractivity contribution in [2.24, 2.45) is 0 Å². The molecule has 2 aromatic carbocycles. The van der Waals surface area contributed by atoms with Gasteiger partial charge in [-0.3, -0.25) is 9.59 Å². The predicted molar refractivity (Wildman–Crippen MR) is 111 cm³/mol. The molecule has 1 aliphatic heterocycles. The Morgan fingerprint density at radius 2 is 1.93 bits per heavy atom. The van der Waals surface area contributed by atoms with Crippen molar-refractivity contribution in [1.82, 2.24) is 0 Å². The van der Waals surface area contributed by atoms with Crippen LogP contribution in [0.15, 0.2) is 36.4 Å². The fourth-order valence-electron chi connectivity index (χ4n) is 3.47. The van der Waals surface area contributed by atoms with Crippen molar-refractivity contribution < 1.29 is 23.8 Å². The number of benzene rings is 2. The highest BCUT2D eigenvalue weighted by Crippen LogP contribution is 2.42. The zero-order valence-electron chi connectivity index (χ0n) is 17.5. The minimum Gasteiger partial charge on any atom is -0.497 e. The van der Waals surface area contributed by atoms with Crippen molar-refractivity contribution in [3.8, 4) is 17.2 Å². The Balaban J connectivity index is 2.14. The van der Waals surface area contributed by atoms with E-state index >= 15 is 0 Å². The van der Waals surface area contributed by atoms with Gasteiger partial charge in [-0.2, -0.15) is 0 Å². The Kier molecular flexibility index (Phi) is 6.11. The van der Waals surface area contributed by atoms with Crippen LogP contribution in [0.2, 0.25) is 0 Å². The van der Waals surface area contributed by atoms with Crippen molar-refractivity contribution in [2.75, 3.05) is 19.1 Å². The van der Waals surface area contributed by atoms with Gasteiger partial charge in [0.1, 0.15) is 17.2 Å². The van der Waals surface area contributed by atoms with Crippen LogP contribution in [0.5, 0.6) is 17.2 Å². The summed E-state index contributed by atoms with van der Waals surface area (Å²) in [4.78, 5) is 27.8. The van der Waals surface area contributed by atoms with Crippen LogP contribution in [0, 0.1) is 0 Å². The highest BCUT2D eigenvalue weighted by molar-refractivity contribution is 6.24. The zero-order valence-corrected chi connectivity index (χ0v) is 17.5. The normalized spacial score (nSPS) is 16.7. The Morgan fingerprint density at radius 1 is 1.17 bits per heavy atom. The quantitative estimate of drug-likeness (QED) is 0.669. The molecule has 1 aliphatic rings. The van der Waals surface area contributed by atoms with E-state index in [0.717, 1.165) is 12.0 Å². The standard InChI is InChI=1S/C23H27NO5/c1-6-14(3)16-9-8-10-18-21(16)29-19(7-2)23(26)24(18)22(25)17-12-11-15(27-4)13-20(17)28-5/h8-14,19H,6-7H2,1-5H3. The lowest BCUT2D eigenvalue weighted by Crippen LogP contribution is -2.49. The molecule has 0 saturated heterocycles. The number of nitrogens with zero attached hydrogens (tertiary/aromatic N) is 1. The summed E-state index contributed by atoms with van der Waals surface area (Å²) in [6, 6.07) is 10.5. The van der Waals surface area contributed by atoms with Crippen molar-refractivity contribution in [1.29, 1.82) is 0 Å². The van der Waals surface area contributed by atoms with Crippen LogP contribution in [0.4, 0.5) is 5.69 Å². The van der Waals surface area contributed by atoms with Gasteiger partial charge in [-0.05, 0) is 42.5 Å². The molecule has 0 bridgehead atoms. The van der Waals surface area contributed by atoms with E-state index in [2.05, 4.69) is 13.8 Å². The van der Waals surface area contributed by atoms with Crippen LogP contribution in [0.1, 0.15) is 55.5 Å². The van der Waals surface area contributed by atoms with Crippen molar-refractivity contribution >= 4 is 17.5 Å². The van der Waals surface area contributed by atoms with Crippen LogP contribution in [0.3, 0.4) is 0 Å². The molecule has 0 radical (unpaired) electrons. The number of methoxy groups -OCH3 is 2. The van der Waals surface area contributed by atoms with E-state index in [4.69, 9.17) is 14.2 Å². The first-order valence-electron chi connectivity index (χ1n) is 9.86. The van der Waals surface area contributed by atoms with Crippen molar-refractivity contribution in [2.45, 2.75) is 45.6 Å². The molecule has 3 rings (SSSR count). The number of carbonyl (C=O) groups is 2. The summed E-state index contributed by atoms with van der Waals surface area (Å²) in [6.07, 6.45) is 0.683. The van der Waals surface area contributed by atoms with E-state index < -0.39 is 12.0 Å². The van der Waals surface area contributed by atoms with E-state index in [9.17, 15) is 9.59 Å². The van der Waals surface area contributed by atoms with E-state index in [0.29, 0.717) is 34.9 Å². The number of para-hydroxylation sites is 1. The van der Waals surface area contributed by atoms with Gasteiger partial charge >= 0.3 is 0 Å². The average molecular weight is 397 g/mol. The zero-order chi connectivity index (χ0) is 21.1. The lowest BCUT2D eigenvalue weighted by molar-refractivity contribution is -0.125. The van der Waals surface area contributed by atoms with Gasteiger partial charge in [-0.25, -0.2) is 4.90 Å². The van der Waals surface area contributed by atoms with Gasteiger partial charge in [-0.15, -0.1) is 0 Å². The molecule has 29 heavy (non-hydrogen) atoms. The summed E-state index contributed by atoms with van der Waals surface area (Å²) in [5, 5.41) is 0. The summed E-state index contributed by atoms with van der Waals surface area (Å²) in [5.41, 5.74) is 1.76. The molecule has 2 atom stereocenters. The van der Waals surface area contributed by atoms with Crippen molar-refractivity contribution in [3.05, 3.63) is 47.5 Å². The van der Waals surface area contributed by atoms with Gasteiger partial charge in [-0.1, -0.05) is 32.9 Å². The number of carbonyl (C=O) groups excluding carboxylic acids is 2. The number of anilines is 1. The predicted octanol–water partition coefficient (Wildman–Crippen LogP) is 4.56. The van der Waals surface area contributed by atoms with Crippen LogP contribution >= 0.6 is 0 Å². The Morgan fingerprint density at radius 3 is 2.55 bits per heavy atom. The Hall–Kier alpha value is -3.02. The number of hydrogen-bond donors (Lipinski definition) is 0. The second-order valence-corrected chi connectivity index (χ2v) is 7.06. The molecule has 0 spiro atoms. The highest BCUT2D eigenvalue weighted by atomic mass is 16.5. The topological polar surface area (TPSA) is 65.1 Å². The molecular weight excluding hydrogens is 370 g/mol. The summed E-state index contributed by atoms with van der Waals surface area (Å²) >= 11 is 0. The number of amides is 2. The van der Waals surface area contributed by atoms with E-state index in [1.54, 1.807) is 31.4 Å². The summed E-state index contributed by atoms with van der Waals surface area (Å²) in [7, 11) is 3.02. The summed E-state index contributed by atoms with van der Waals surface area (Å²) < 4.78 is 16.7. The fourth-order valence-corrected chi connectivity index (χ4v) is 3.47. The minimum absolute atomic E-state index is 0.239. The van der Waals surface area contributed by atoms with Crippen LogP contribution in [-0.4, -0.2) is 32.1 Å². The van der Waals surface area contributed by atoms with E-state index in [1.165, 1.54) is 12.0 Å². The van der Waals surface area contributed by atoms with Gasteiger partial charge in [0.25, 0.3) is 11.8 Å². The molecule has 2 amide bonds. The summed E-state index contributed by atoms with van der Waals surface area (Å²) in [6.45, 7) is 6.07. The number of rotatable bonds is 6. The van der Waals surface area contributed by atoms with Gasteiger partial charge in [0.2, 0.25) is 0 Å². The minimum atomic E-state index is -0.708. The fraction of sp³-hybridized carbons (Fsp3) is 0.391. The largest absolute Gasteiger partial charge is 0.497 e. The lowest BCUT2D eigenvalue weighted by Gasteiger charge is -2.35.